The molecule has 0 radical (unpaired) electrons. The molecule has 1 aromatic carbocycles. The van der Waals surface area contributed by atoms with Crippen LogP contribution in [0.4, 0.5) is 4.79 Å². The van der Waals surface area contributed by atoms with Crippen molar-refractivity contribution in [3.8, 4) is 0 Å². The Hall–Kier alpha value is -1.20. The van der Waals surface area contributed by atoms with Gasteiger partial charge < -0.3 is 15.4 Å². The standard InChI is InChI=1S/C19H26N2O2S/c22-17(20-13-18(7-8-18)15-4-2-1-3-5-15)21-16-6-10-23-19(12-16)9-11-24-14-19/h1-5,16H,6-14H2,(H2,20,21,22)/t16-,19-/m1/s1. The van der Waals surface area contributed by atoms with Crippen LogP contribution in [0.1, 0.15) is 37.7 Å². The second-order valence-electron chi connectivity index (χ2n) is 7.50. The molecule has 2 atom stereocenters. The van der Waals surface area contributed by atoms with Gasteiger partial charge in [0, 0.05) is 30.4 Å². The summed E-state index contributed by atoms with van der Waals surface area (Å²) in [5.74, 6) is 2.25. The first kappa shape index (κ1) is 16.3. The van der Waals surface area contributed by atoms with Crippen molar-refractivity contribution < 1.29 is 9.53 Å². The molecule has 130 valence electrons. The van der Waals surface area contributed by atoms with Gasteiger partial charge in [0.2, 0.25) is 0 Å². The van der Waals surface area contributed by atoms with Crippen LogP contribution < -0.4 is 10.6 Å². The van der Waals surface area contributed by atoms with Crippen molar-refractivity contribution in [3.05, 3.63) is 35.9 Å². The van der Waals surface area contributed by atoms with Crippen LogP contribution in [0.15, 0.2) is 30.3 Å². The molecule has 0 aromatic heterocycles. The monoisotopic (exact) mass is 346 g/mol. The van der Waals surface area contributed by atoms with Gasteiger partial charge in [-0.15, -0.1) is 0 Å². The molecule has 4 rings (SSSR count). The van der Waals surface area contributed by atoms with E-state index in [0.717, 1.165) is 51.0 Å². The molecular weight excluding hydrogens is 320 g/mol. The minimum absolute atomic E-state index is 0.0165. The molecule has 2 N–H and O–H groups in total. The number of hydrogen-bond acceptors (Lipinski definition) is 3. The topological polar surface area (TPSA) is 50.4 Å². The summed E-state index contributed by atoms with van der Waals surface area (Å²) in [6, 6.07) is 10.8. The zero-order valence-corrected chi connectivity index (χ0v) is 14.9. The quantitative estimate of drug-likeness (QED) is 0.881. The molecule has 1 spiro atoms. The Balaban J connectivity index is 1.28. The number of nitrogens with one attached hydrogen (secondary N) is 2. The number of thioether (sulfide) groups is 1. The summed E-state index contributed by atoms with van der Waals surface area (Å²) in [6.07, 6.45) is 5.32. The number of carbonyl (C=O) groups is 1. The van der Waals surface area contributed by atoms with Crippen LogP contribution in [-0.4, -0.2) is 42.3 Å². The summed E-state index contributed by atoms with van der Waals surface area (Å²) in [7, 11) is 0. The largest absolute Gasteiger partial charge is 0.374 e. The molecule has 0 unspecified atom stereocenters. The maximum absolute atomic E-state index is 12.4. The lowest BCUT2D eigenvalue weighted by Crippen LogP contribution is -2.51. The minimum atomic E-state index is -0.0232. The summed E-state index contributed by atoms with van der Waals surface area (Å²) in [5, 5.41) is 6.30. The van der Waals surface area contributed by atoms with Crippen LogP contribution >= 0.6 is 11.8 Å². The second-order valence-corrected chi connectivity index (χ2v) is 8.60. The molecule has 2 saturated heterocycles. The third-order valence-electron chi connectivity index (χ3n) is 5.72. The maximum atomic E-state index is 12.4. The number of hydrogen-bond donors (Lipinski definition) is 2. The van der Waals surface area contributed by atoms with Crippen LogP contribution in [-0.2, 0) is 10.2 Å². The number of ether oxygens (including phenoxy) is 1. The number of rotatable bonds is 4. The summed E-state index contributed by atoms with van der Waals surface area (Å²) in [5.41, 5.74) is 1.53. The van der Waals surface area contributed by atoms with Gasteiger partial charge in [0.15, 0.2) is 0 Å². The first-order valence-corrected chi connectivity index (χ1v) is 10.2. The van der Waals surface area contributed by atoms with E-state index in [9.17, 15) is 4.79 Å². The molecule has 1 aliphatic carbocycles. The highest BCUT2D eigenvalue weighted by Gasteiger charge is 2.44. The SMILES string of the molecule is O=C(NCC1(c2ccccc2)CC1)N[C@@H]1CCO[C@]2(CCSC2)C1. The van der Waals surface area contributed by atoms with Gasteiger partial charge in [-0.2, -0.15) is 11.8 Å². The lowest BCUT2D eigenvalue weighted by Gasteiger charge is -2.38. The van der Waals surface area contributed by atoms with Crippen LogP contribution in [0, 0.1) is 0 Å². The van der Waals surface area contributed by atoms with E-state index in [1.54, 1.807) is 0 Å². The lowest BCUT2D eigenvalue weighted by molar-refractivity contribution is -0.0684. The fraction of sp³-hybridized carbons (Fsp3) is 0.632. The predicted molar refractivity (Wildman–Crippen MR) is 97.5 cm³/mol. The van der Waals surface area contributed by atoms with E-state index in [1.807, 2.05) is 17.8 Å². The Morgan fingerprint density at radius 3 is 2.79 bits per heavy atom. The van der Waals surface area contributed by atoms with Crippen molar-refractivity contribution in [1.29, 1.82) is 0 Å². The van der Waals surface area contributed by atoms with Gasteiger partial charge in [-0.25, -0.2) is 4.79 Å². The third-order valence-corrected chi connectivity index (χ3v) is 6.95. The van der Waals surface area contributed by atoms with E-state index in [2.05, 4.69) is 34.9 Å². The normalized spacial score (nSPS) is 30.9. The van der Waals surface area contributed by atoms with Crippen LogP contribution in [0.5, 0.6) is 0 Å². The van der Waals surface area contributed by atoms with E-state index in [4.69, 9.17) is 4.74 Å². The van der Waals surface area contributed by atoms with E-state index in [1.165, 1.54) is 11.3 Å². The highest BCUT2D eigenvalue weighted by Crippen LogP contribution is 2.47. The zero-order valence-electron chi connectivity index (χ0n) is 14.1. The van der Waals surface area contributed by atoms with Gasteiger partial charge in [-0.1, -0.05) is 30.3 Å². The molecule has 2 heterocycles. The predicted octanol–water partition coefficient (Wildman–Crippen LogP) is 3.07. The van der Waals surface area contributed by atoms with Crippen molar-refractivity contribution in [1.82, 2.24) is 10.6 Å². The number of amides is 2. The minimum Gasteiger partial charge on any atom is -0.374 e. The fourth-order valence-corrected chi connectivity index (χ4v) is 5.39. The highest BCUT2D eigenvalue weighted by molar-refractivity contribution is 7.99. The lowest BCUT2D eigenvalue weighted by atomic mass is 9.90. The summed E-state index contributed by atoms with van der Waals surface area (Å²) < 4.78 is 6.03. The average molecular weight is 346 g/mol. The highest BCUT2D eigenvalue weighted by atomic mass is 32.2. The van der Waals surface area contributed by atoms with E-state index in [-0.39, 0.29) is 23.1 Å². The van der Waals surface area contributed by atoms with Gasteiger partial charge in [-0.3, -0.25) is 0 Å². The first-order chi connectivity index (χ1) is 11.7. The van der Waals surface area contributed by atoms with E-state index >= 15 is 0 Å². The molecule has 1 aromatic rings. The Bertz CT molecular complexity index is 582. The number of benzene rings is 1. The van der Waals surface area contributed by atoms with Crippen LogP contribution in [0.2, 0.25) is 0 Å². The molecule has 1 saturated carbocycles. The Morgan fingerprint density at radius 1 is 1.25 bits per heavy atom. The average Bonchev–Trinajstić information content (AvgIpc) is 3.28. The molecular formula is C19H26N2O2S. The molecule has 3 aliphatic rings. The Morgan fingerprint density at radius 2 is 2.08 bits per heavy atom. The Kier molecular flexibility index (Phi) is 4.48. The summed E-state index contributed by atoms with van der Waals surface area (Å²) in [4.78, 5) is 12.4. The van der Waals surface area contributed by atoms with Crippen LogP contribution in [0.25, 0.3) is 0 Å². The molecule has 5 heteroatoms. The van der Waals surface area contributed by atoms with Gasteiger partial charge in [-0.05, 0) is 43.4 Å². The molecule has 2 aliphatic heterocycles. The van der Waals surface area contributed by atoms with Crippen molar-refractivity contribution in [3.63, 3.8) is 0 Å². The van der Waals surface area contributed by atoms with Crippen molar-refractivity contribution >= 4 is 17.8 Å². The van der Waals surface area contributed by atoms with Crippen molar-refractivity contribution in [2.45, 2.75) is 49.2 Å². The van der Waals surface area contributed by atoms with Crippen LogP contribution in [0.3, 0.4) is 0 Å². The van der Waals surface area contributed by atoms with Gasteiger partial charge in [0.05, 0.1) is 5.60 Å². The smallest absolute Gasteiger partial charge is 0.315 e. The van der Waals surface area contributed by atoms with Crippen molar-refractivity contribution in [2.24, 2.45) is 0 Å². The molecule has 3 fully saturated rings. The third kappa shape index (κ3) is 3.42. The fourth-order valence-electron chi connectivity index (χ4n) is 4.01. The number of carbonyl (C=O) groups excluding carboxylic acids is 1. The second kappa shape index (κ2) is 6.60. The van der Waals surface area contributed by atoms with Crippen molar-refractivity contribution in [2.75, 3.05) is 24.7 Å². The van der Waals surface area contributed by atoms with Gasteiger partial charge in [0.25, 0.3) is 0 Å². The first-order valence-electron chi connectivity index (χ1n) is 9.02. The van der Waals surface area contributed by atoms with E-state index < -0.39 is 0 Å². The molecule has 4 nitrogen and oxygen atoms in total. The molecule has 2 amide bonds. The van der Waals surface area contributed by atoms with Gasteiger partial charge in [0.1, 0.15) is 0 Å². The van der Waals surface area contributed by atoms with E-state index in [0.29, 0.717) is 0 Å². The molecule has 24 heavy (non-hydrogen) atoms. The summed E-state index contributed by atoms with van der Waals surface area (Å²) >= 11 is 1.97. The zero-order chi connectivity index (χ0) is 16.5. The van der Waals surface area contributed by atoms with Gasteiger partial charge >= 0.3 is 6.03 Å². The summed E-state index contributed by atoms with van der Waals surface area (Å²) in [6.45, 7) is 1.49. The Labute approximate surface area is 148 Å². The maximum Gasteiger partial charge on any atom is 0.315 e. The molecule has 0 bridgehead atoms. The number of urea groups is 1.